The van der Waals surface area contributed by atoms with E-state index in [9.17, 15) is 9.90 Å². The Kier molecular flexibility index (Phi) is 4.80. The van der Waals surface area contributed by atoms with Gasteiger partial charge in [-0.2, -0.15) is 0 Å². The standard InChI is InChI=1S/C15H22N2O2/c1-12-13(6-5-7-14(12)18)15(19)16-8-11-17-9-3-2-4-10-17/h5-7,18H,2-4,8-11H2,1H3,(H,16,19). The Balaban J connectivity index is 1.82. The second-order valence-electron chi connectivity index (χ2n) is 5.11. The van der Waals surface area contributed by atoms with Crippen molar-refractivity contribution in [2.24, 2.45) is 0 Å². The van der Waals surface area contributed by atoms with Gasteiger partial charge in [-0.1, -0.05) is 12.5 Å². The number of phenolic OH excluding ortho intramolecular Hbond substituents is 1. The average Bonchev–Trinajstić information content (AvgIpc) is 2.43. The smallest absolute Gasteiger partial charge is 0.251 e. The van der Waals surface area contributed by atoms with E-state index in [-0.39, 0.29) is 11.7 Å². The minimum atomic E-state index is -0.106. The molecule has 0 radical (unpaired) electrons. The molecule has 2 rings (SSSR count). The van der Waals surface area contributed by atoms with E-state index >= 15 is 0 Å². The summed E-state index contributed by atoms with van der Waals surface area (Å²) in [6, 6.07) is 5.03. The zero-order valence-electron chi connectivity index (χ0n) is 11.5. The van der Waals surface area contributed by atoms with Crippen molar-refractivity contribution < 1.29 is 9.90 Å². The number of hydrogen-bond acceptors (Lipinski definition) is 3. The highest BCUT2D eigenvalue weighted by atomic mass is 16.3. The Labute approximate surface area is 114 Å². The minimum Gasteiger partial charge on any atom is -0.508 e. The van der Waals surface area contributed by atoms with Crippen molar-refractivity contribution in [1.82, 2.24) is 10.2 Å². The largest absolute Gasteiger partial charge is 0.508 e. The van der Waals surface area contributed by atoms with Crippen LogP contribution < -0.4 is 5.32 Å². The fourth-order valence-corrected chi connectivity index (χ4v) is 2.48. The van der Waals surface area contributed by atoms with Crippen molar-refractivity contribution in [3.63, 3.8) is 0 Å². The topological polar surface area (TPSA) is 52.6 Å². The number of carbonyl (C=O) groups is 1. The third kappa shape index (κ3) is 3.70. The molecule has 0 unspecified atom stereocenters. The van der Waals surface area contributed by atoms with E-state index in [0.717, 1.165) is 19.6 Å². The minimum absolute atomic E-state index is 0.106. The molecule has 104 valence electrons. The number of aromatic hydroxyl groups is 1. The highest BCUT2D eigenvalue weighted by Gasteiger charge is 2.12. The second-order valence-corrected chi connectivity index (χ2v) is 5.11. The molecular formula is C15H22N2O2. The van der Waals surface area contributed by atoms with E-state index in [2.05, 4.69) is 10.2 Å². The Morgan fingerprint density at radius 1 is 1.32 bits per heavy atom. The summed E-state index contributed by atoms with van der Waals surface area (Å²) in [4.78, 5) is 14.4. The molecule has 1 amide bonds. The van der Waals surface area contributed by atoms with E-state index in [0.29, 0.717) is 17.7 Å². The number of nitrogens with one attached hydrogen (secondary N) is 1. The number of carbonyl (C=O) groups excluding carboxylic acids is 1. The Bertz CT molecular complexity index is 440. The summed E-state index contributed by atoms with van der Waals surface area (Å²) in [5.74, 6) is 0.0640. The average molecular weight is 262 g/mol. The molecule has 1 aliphatic rings. The van der Waals surface area contributed by atoms with Crippen molar-refractivity contribution in [2.45, 2.75) is 26.2 Å². The molecule has 1 saturated heterocycles. The molecule has 19 heavy (non-hydrogen) atoms. The van der Waals surface area contributed by atoms with Gasteiger partial charge in [0.05, 0.1) is 0 Å². The third-order valence-electron chi connectivity index (χ3n) is 3.71. The number of hydrogen-bond donors (Lipinski definition) is 2. The maximum atomic E-state index is 12.0. The van der Waals surface area contributed by atoms with Crippen molar-refractivity contribution in [1.29, 1.82) is 0 Å². The van der Waals surface area contributed by atoms with Crippen molar-refractivity contribution in [3.8, 4) is 5.75 Å². The molecule has 0 aliphatic carbocycles. The van der Waals surface area contributed by atoms with Crippen LogP contribution in [0.15, 0.2) is 18.2 Å². The van der Waals surface area contributed by atoms with Gasteiger partial charge in [-0.15, -0.1) is 0 Å². The first kappa shape index (κ1) is 13.9. The first-order valence-corrected chi connectivity index (χ1v) is 6.97. The number of nitrogens with zero attached hydrogens (tertiary/aromatic N) is 1. The van der Waals surface area contributed by atoms with Crippen LogP contribution in [0.25, 0.3) is 0 Å². The van der Waals surface area contributed by atoms with Crippen molar-refractivity contribution in [2.75, 3.05) is 26.2 Å². The van der Waals surface area contributed by atoms with Crippen LogP contribution in [0.2, 0.25) is 0 Å². The quantitative estimate of drug-likeness (QED) is 0.871. The molecule has 4 heteroatoms. The molecule has 1 aliphatic heterocycles. The lowest BCUT2D eigenvalue weighted by molar-refractivity contribution is 0.0945. The van der Waals surface area contributed by atoms with Crippen LogP contribution in [0, 0.1) is 6.92 Å². The summed E-state index contributed by atoms with van der Waals surface area (Å²) in [5, 5.41) is 12.5. The van der Waals surface area contributed by atoms with E-state index in [1.807, 2.05) is 0 Å². The van der Waals surface area contributed by atoms with E-state index in [1.165, 1.54) is 19.3 Å². The van der Waals surface area contributed by atoms with Gasteiger partial charge in [-0.25, -0.2) is 0 Å². The molecule has 1 aromatic carbocycles. The summed E-state index contributed by atoms with van der Waals surface area (Å²) in [5.41, 5.74) is 1.19. The number of benzene rings is 1. The highest BCUT2D eigenvalue weighted by molar-refractivity contribution is 5.96. The molecule has 4 nitrogen and oxygen atoms in total. The monoisotopic (exact) mass is 262 g/mol. The molecule has 1 aromatic rings. The molecule has 0 aromatic heterocycles. The van der Waals surface area contributed by atoms with Crippen LogP contribution in [0.1, 0.15) is 35.2 Å². The summed E-state index contributed by atoms with van der Waals surface area (Å²) in [7, 11) is 0. The van der Waals surface area contributed by atoms with Crippen molar-refractivity contribution >= 4 is 5.91 Å². The second kappa shape index (κ2) is 6.57. The molecule has 2 N–H and O–H groups in total. The summed E-state index contributed by atoms with van der Waals surface area (Å²) in [6.07, 6.45) is 3.85. The van der Waals surface area contributed by atoms with Gasteiger partial charge in [0.15, 0.2) is 0 Å². The lowest BCUT2D eigenvalue weighted by atomic mass is 10.1. The predicted molar refractivity (Wildman–Crippen MR) is 75.5 cm³/mol. The van der Waals surface area contributed by atoms with Gasteiger partial charge in [-0.3, -0.25) is 4.79 Å². The van der Waals surface area contributed by atoms with Gasteiger partial charge < -0.3 is 15.3 Å². The number of piperidine rings is 1. The molecule has 1 heterocycles. The maximum Gasteiger partial charge on any atom is 0.251 e. The van der Waals surface area contributed by atoms with E-state index in [1.54, 1.807) is 25.1 Å². The third-order valence-corrected chi connectivity index (χ3v) is 3.71. The summed E-state index contributed by atoms with van der Waals surface area (Å²) < 4.78 is 0. The first-order chi connectivity index (χ1) is 9.18. The molecule has 0 bridgehead atoms. The van der Waals surface area contributed by atoms with Crippen LogP contribution in [-0.2, 0) is 0 Å². The van der Waals surface area contributed by atoms with Gasteiger partial charge >= 0.3 is 0 Å². The van der Waals surface area contributed by atoms with Gasteiger partial charge in [0.1, 0.15) is 5.75 Å². The zero-order chi connectivity index (χ0) is 13.7. The van der Waals surface area contributed by atoms with E-state index < -0.39 is 0 Å². The lowest BCUT2D eigenvalue weighted by Gasteiger charge is -2.26. The molecule has 0 saturated carbocycles. The van der Waals surface area contributed by atoms with Gasteiger partial charge in [0.25, 0.3) is 5.91 Å². The predicted octanol–water partition coefficient (Wildman–Crippen LogP) is 1.92. The van der Waals surface area contributed by atoms with Crippen LogP contribution in [0.3, 0.4) is 0 Å². The molecular weight excluding hydrogens is 240 g/mol. The van der Waals surface area contributed by atoms with Crippen LogP contribution >= 0.6 is 0 Å². The van der Waals surface area contributed by atoms with Crippen LogP contribution in [0.5, 0.6) is 5.75 Å². The zero-order valence-corrected chi connectivity index (χ0v) is 11.5. The van der Waals surface area contributed by atoms with Gasteiger partial charge in [0, 0.05) is 24.2 Å². The Morgan fingerprint density at radius 2 is 2.05 bits per heavy atom. The maximum absolute atomic E-state index is 12.0. The lowest BCUT2D eigenvalue weighted by Crippen LogP contribution is -2.37. The van der Waals surface area contributed by atoms with Gasteiger partial charge in [-0.05, 0) is 45.0 Å². The number of likely N-dealkylation sites (tertiary alicyclic amines) is 1. The summed E-state index contributed by atoms with van der Waals surface area (Å²) >= 11 is 0. The molecule has 0 spiro atoms. The number of amides is 1. The van der Waals surface area contributed by atoms with Crippen LogP contribution in [-0.4, -0.2) is 42.1 Å². The SMILES string of the molecule is Cc1c(O)cccc1C(=O)NCCN1CCCCC1. The highest BCUT2D eigenvalue weighted by Crippen LogP contribution is 2.19. The van der Waals surface area contributed by atoms with Crippen molar-refractivity contribution in [3.05, 3.63) is 29.3 Å². The Morgan fingerprint density at radius 3 is 2.79 bits per heavy atom. The van der Waals surface area contributed by atoms with Gasteiger partial charge in [0.2, 0.25) is 0 Å². The normalized spacial score (nSPS) is 16.3. The number of phenols is 1. The fraction of sp³-hybridized carbons (Fsp3) is 0.533. The fourth-order valence-electron chi connectivity index (χ4n) is 2.48. The number of rotatable bonds is 4. The van der Waals surface area contributed by atoms with Crippen LogP contribution in [0.4, 0.5) is 0 Å². The van der Waals surface area contributed by atoms with E-state index in [4.69, 9.17) is 0 Å². The molecule has 0 atom stereocenters. The molecule has 1 fully saturated rings. The summed E-state index contributed by atoms with van der Waals surface area (Å²) in [6.45, 7) is 5.61. The first-order valence-electron chi connectivity index (χ1n) is 6.97. The Hall–Kier alpha value is -1.55.